The van der Waals surface area contributed by atoms with Crippen LogP contribution in [0.25, 0.3) is 22.2 Å². The summed E-state index contributed by atoms with van der Waals surface area (Å²) in [6.07, 6.45) is 3.12. The Labute approximate surface area is 80.5 Å². The number of aromatic nitrogens is 2. The van der Waals surface area contributed by atoms with Crippen LogP contribution in [-0.4, -0.2) is 14.9 Å². The Balaban J connectivity index is 2.57. The highest BCUT2D eigenvalue weighted by Gasteiger charge is 2.13. The minimum Gasteiger partial charge on any atom is -0.428 e. The van der Waals surface area contributed by atoms with E-state index in [0.29, 0.717) is 0 Å². The van der Waals surface area contributed by atoms with Gasteiger partial charge in [0, 0.05) is 11.6 Å². The van der Waals surface area contributed by atoms with Gasteiger partial charge in [-0.1, -0.05) is 24.3 Å². The molecule has 0 aromatic heterocycles. The molecule has 3 nitrogen and oxygen atoms in total. The highest BCUT2D eigenvalue weighted by molar-refractivity contribution is 5.99. The molecule has 68 valence electrons. The Morgan fingerprint density at radius 3 is 3.00 bits per heavy atom. The fourth-order valence-corrected chi connectivity index (χ4v) is 1.78. The highest BCUT2D eigenvalue weighted by atomic mass is 16.5. The predicted octanol–water partition coefficient (Wildman–Crippen LogP) is 2.38. The number of rotatable bonds is 0. The molecule has 1 aromatic rings. The van der Waals surface area contributed by atoms with Crippen LogP contribution in [0, 0.1) is 0 Å². The van der Waals surface area contributed by atoms with Crippen molar-refractivity contribution in [1.29, 1.82) is 0 Å². The summed E-state index contributed by atoms with van der Waals surface area (Å²) in [6.45, 7) is 0. The lowest BCUT2D eigenvalue weighted by Gasteiger charge is -2.03. The van der Waals surface area contributed by atoms with Crippen LogP contribution in [0.15, 0.2) is 42.7 Å². The largest absolute Gasteiger partial charge is 0.428 e. The minimum atomic E-state index is 0.767. The maximum atomic E-state index is 9.63. The Hall–Kier alpha value is -2.03. The van der Waals surface area contributed by atoms with E-state index < -0.39 is 0 Å². The van der Waals surface area contributed by atoms with Gasteiger partial charge in [0.05, 0.1) is 11.9 Å². The Morgan fingerprint density at radius 1 is 1.21 bits per heavy atom. The van der Waals surface area contributed by atoms with Gasteiger partial charge in [-0.15, -0.1) is 0 Å². The minimum absolute atomic E-state index is 0.767. The molecule has 0 saturated carbocycles. The second kappa shape index (κ2) is 2.48. The first-order chi connectivity index (χ1) is 6.86. The van der Waals surface area contributed by atoms with E-state index in [1.165, 1.54) is 6.20 Å². The van der Waals surface area contributed by atoms with E-state index in [9.17, 15) is 5.21 Å². The van der Waals surface area contributed by atoms with Gasteiger partial charge in [-0.05, 0) is 11.5 Å². The van der Waals surface area contributed by atoms with Crippen molar-refractivity contribution in [3.8, 4) is 11.4 Å². The lowest BCUT2D eigenvalue weighted by molar-refractivity contribution is 0.189. The van der Waals surface area contributed by atoms with Gasteiger partial charge >= 0.3 is 0 Å². The zero-order valence-corrected chi connectivity index (χ0v) is 7.38. The molecule has 1 aliphatic carbocycles. The van der Waals surface area contributed by atoms with Crippen LogP contribution in [0.5, 0.6) is 0 Å². The van der Waals surface area contributed by atoms with Crippen LogP contribution in [0.3, 0.4) is 0 Å². The van der Waals surface area contributed by atoms with Crippen LogP contribution in [0.1, 0.15) is 0 Å². The first-order valence-electron chi connectivity index (χ1n) is 4.40. The molecular formula is C11H8N2O. The molecule has 0 saturated heterocycles. The van der Waals surface area contributed by atoms with Gasteiger partial charge in [0.25, 0.3) is 0 Å². The zero-order chi connectivity index (χ0) is 9.54. The Morgan fingerprint density at radius 2 is 2.07 bits per heavy atom. The fourth-order valence-electron chi connectivity index (χ4n) is 1.78. The summed E-state index contributed by atoms with van der Waals surface area (Å²) in [4.78, 5) is 4.20. The summed E-state index contributed by atoms with van der Waals surface area (Å²) in [6, 6.07) is 9.89. The van der Waals surface area contributed by atoms with Crippen molar-refractivity contribution in [3.63, 3.8) is 0 Å². The average Bonchev–Trinajstić information content (AvgIpc) is 2.57. The summed E-state index contributed by atoms with van der Waals surface area (Å²) in [5.41, 5.74) is 1.58. The van der Waals surface area contributed by atoms with E-state index in [2.05, 4.69) is 4.98 Å². The van der Waals surface area contributed by atoms with E-state index in [1.807, 2.05) is 30.3 Å². The zero-order valence-electron chi connectivity index (χ0n) is 7.38. The Kier molecular flexibility index (Phi) is 1.31. The lowest BCUT2D eigenvalue weighted by atomic mass is 10.2. The number of benzene rings is 1. The molecule has 0 fully saturated rings. The van der Waals surface area contributed by atoms with Gasteiger partial charge in [0.1, 0.15) is 5.69 Å². The molecule has 0 unspecified atom stereocenters. The van der Waals surface area contributed by atoms with Gasteiger partial charge in [0.15, 0.2) is 0 Å². The third-order valence-electron chi connectivity index (χ3n) is 2.40. The standard InChI is InChI=1S/C11H8N2O/c14-13-6-5-12-10-7-8-3-1-2-4-9(8)11(10)13/h1-7,14H. The van der Waals surface area contributed by atoms with Gasteiger partial charge in [-0.2, -0.15) is 4.73 Å². The van der Waals surface area contributed by atoms with Crippen molar-refractivity contribution in [2.45, 2.75) is 0 Å². The van der Waals surface area contributed by atoms with Crippen molar-refractivity contribution >= 4 is 10.8 Å². The van der Waals surface area contributed by atoms with Crippen molar-refractivity contribution < 1.29 is 5.21 Å². The predicted molar refractivity (Wildman–Crippen MR) is 53.5 cm³/mol. The molecule has 0 spiro atoms. The summed E-state index contributed by atoms with van der Waals surface area (Å²) in [7, 11) is 0. The number of fused-ring (bicyclic) bond motifs is 3. The second-order valence-corrected chi connectivity index (χ2v) is 3.24. The van der Waals surface area contributed by atoms with Crippen molar-refractivity contribution in [2.75, 3.05) is 0 Å². The monoisotopic (exact) mass is 184 g/mol. The van der Waals surface area contributed by atoms with E-state index in [0.717, 1.165) is 26.9 Å². The maximum absolute atomic E-state index is 9.63. The molecule has 2 aliphatic rings. The van der Waals surface area contributed by atoms with Crippen molar-refractivity contribution in [1.82, 2.24) is 9.71 Å². The normalized spacial score (nSPS) is 11.1. The smallest absolute Gasteiger partial charge is 0.113 e. The van der Waals surface area contributed by atoms with Crippen LogP contribution in [0.4, 0.5) is 0 Å². The van der Waals surface area contributed by atoms with E-state index in [1.54, 1.807) is 6.20 Å². The summed E-state index contributed by atoms with van der Waals surface area (Å²) in [5, 5.41) is 11.8. The number of hydrogen-bond donors (Lipinski definition) is 1. The third-order valence-corrected chi connectivity index (χ3v) is 2.40. The Bertz CT molecular complexity index is 571. The molecular weight excluding hydrogens is 176 g/mol. The highest BCUT2D eigenvalue weighted by Crippen LogP contribution is 2.31. The topological polar surface area (TPSA) is 38.0 Å². The molecule has 0 atom stereocenters. The van der Waals surface area contributed by atoms with Crippen molar-refractivity contribution in [2.24, 2.45) is 0 Å². The van der Waals surface area contributed by atoms with Crippen LogP contribution in [0.2, 0.25) is 0 Å². The molecule has 0 bridgehead atoms. The quantitative estimate of drug-likeness (QED) is 0.545. The first-order valence-corrected chi connectivity index (χ1v) is 4.40. The number of hydrogen-bond acceptors (Lipinski definition) is 2. The maximum Gasteiger partial charge on any atom is 0.113 e. The molecule has 0 radical (unpaired) electrons. The van der Waals surface area contributed by atoms with Crippen LogP contribution < -0.4 is 0 Å². The fraction of sp³-hybridized carbons (Fsp3) is 0. The molecule has 1 aliphatic heterocycles. The summed E-state index contributed by atoms with van der Waals surface area (Å²) < 4.78 is 1.12. The van der Waals surface area contributed by atoms with Gasteiger partial charge in [0.2, 0.25) is 0 Å². The third kappa shape index (κ3) is 0.836. The first kappa shape index (κ1) is 7.38. The van der Waals surface area contributed by atoms with Crippen LogP contribution in [-0.2, 0) is 0 Å². The molecule has 14 heavy (non-hydrogen) atoms. The summed E-state index contributed by atoms with van der Waals surface area (Å²) in [5.74, 6) is 0. The van der Waals surface area contributed by atoms with Gasteiger partial charge in [-0.3, -0.25) is 4.98 Å². The molecule has 1 N–H and O–H groups in total. The number of nitrogens with zero attached hydrogens (tertiary/aromatic N) is 2. The molecule has 3 heteroatoms. The second-order valence-electron chi connectivity index (χ2n) is 3.24. The molecule has 1 heterocycles. The molecule has 3 rings (SSSR count). The SMILES string of the molecule is On1ccnc2cc3ccccc3c1-2. The molecule has 1 aromatic carbocycles. The van der Waals surface area contributed by atoms with E-state index in [-0.39, 0.29) is 0 Å². The van der Waals surface area contributed by atoms with E-state index >= 15 is 0 Å². The van der Waals surface area contributed by atoms with E-state index in [4.69, 9.17) is 0 Å². The van der Waals surface area contributed by atoms with Crippen molar-refractivity contribution in [3.05, 3.63) is 42.7 Å². The van der Waals surface area contributed by atoms with Crippen LogP contribution >= 0.6 is 0 Å². The average molecular weight is 184 g/mol. The summed E-state index contributed by atoms with van der Waals surface area (Å²) >= 11 is 0. The van der Waals surface area contributed by atoms with Gasteiger partial charge in [-0.25, -0.2) is 0 Å². The molecule has 0 amide bonds. The van der Waals surface area contributed by atoms with Gasteiger partial charge < -0.3 is 5.21 Å². The lowest BCUT2D eigenvalue weighted by Crippen LogP contribution is -1.97.